The van der Waals surface area contributed by atoms with E-state index in [1.165, 1.54) is 22.6 Å². The van der Waals surface area contributed by atoms with Crippen LogP contribution in [0.15, 0.2) is 41.4 Å². The van der Waals surface area contributed by atoms with Crippen molar-refractivity contribution in [3.63, 3.8) is 0 Å². The second-order valence-electron chi connectivity index (χ2n) is 7.67. The first-order valence-electron chi connectivity index (χ1n) is 9.60. The maximum atomic E-state index is 13.1. The minimum Gasteiger partial charge on any atom is -0.365 e. The fourth-order valence-corrected chi connectivity index (χ4v) is 4.55. The summed E-state index contributed by atoms with van der Waals surface area (Å²) in [4.78, 5) is 12.5. The van der Waals surface area contributed by atoms with Gasteiger partial charge in [0.25, 0.3) is 5.69 Å². The minimum atomic E-state index is -4.52. The first kappa shape index (κ1) is 22.0. The summed E-state index contributed by atoms with van der Waals surface area (Å²) in [6.07, 6.45) is -1.37. The van der Waals surface area contributed by atoms with Crippen LogP contribution in [0.5, 0.6) is 0 Å². The van der Waals surface area contributed by atoms with Crippen molar-refractivity contribution in [3.05, 3.63) is 58.0 Å². The van der Waals surface area contributed by atoms with E-state index in [0.29, 0.717) is 25.2 Å². The summed E-state index contributed by atoms with van der Waals surface area (Å²) in [7, 11) is -3.63. The molecule has 2 aromatic heterocycles. The predicted molar refractivity (Wildman–Crippen MR) is 108 cm³/mol. The molecular formula is C19H18F3N5O4S. The summed E-state index contributed by atoms with van der Waals surface area (Å²) in [5, 5.41) is 19.6. The van der Waals surface area contributed by atoms with Crippen molar-refractivity contribution < 1.29 is 26.5 Å². The fourth-order valence-electron chi connectivity index (χ4n) is 3.91. The van der Waals surface area contributed by atoms with Gasteiger partial charge in [0, 0.05) is 37.5 Å². The summed E-state index contributed by atoms with van der Waals surface area (Å²) in [6.45, 7) is 0.732. The van der Waals surface area contributed by atoms with Gasteiger partial charge in [0.15, 0.2) is 15.5 Å². The Hall–Kier alpha value is -3.22. The zero-order chi connectivity index (χ0) is 23.3. The molecule has 1 saturated heterocycles. The lowest BCUT2D eigenvalue weighted by Crippen LogP contribution is -2.35. The number of anilines is 1. The molecular weight excluding hydrogens is 451 g/mol. The number of halogens is 3. The molecule has 0 saturated carbocycles. The molecule has 0 spiro atoms. The van der Waals surface area contributed by atoms with E-state index in [-0.39, 0.29) is 34.4 Å². The molecule has 0 unspecified atom stereocenters. The highest BCUT2D eigenvalue weighted by Gasteiger charge is 2.33. The molecule has 0 radical (unpaired) electrons. The van der Waals surface area contributed by atoms with E-state index < -0.39 is 26.5 Å². The van der Waals surface area contributed by atoms with Crippen molar-refractivity contribution in [2.45, 2.75) is 29.8 Å². The van der Waals surface area contributed by atoms with Gasteiger partial charge in [0.05, 0.1) is 15.4 Å². The average molecular weight is 469 g/mol. The number of nitro benzene ring substituents is 1. The molecule has 4 rings (SSSR count). The van der Waals surface area contributed by atoms with E-state index in [1.54, 1.807) is 4.90 Å². The molecule has 3 aromatic rings. The van der Waals surface area contributed by atoms with Crippen LogP contribution in [-0.2, 0) is 16.0 Å². The Morgan fingerprint density at radius 3 is 2.59 bits per heavy atom. The molecule has 13 heteroatoms. The molecule has 0 amide bonds. The van der Waals surface area contributed by atoms with Crippen LogP contribution in [-0.4, -0.2) is 47.3 Å². The Morgan fingerprint density at radius 2 is 1.94 bits per heavy atom. The number of nitrogens with zero attached hydrogens (tertiary/aromatic N) is 5. The van der Waals surface area contributed by atoms with Crippen molar-refractivity contribution in [1.29, 1.82) is 0 Å². The molecule has 32 heavy (non-hydrogen) atoms. The monoisotopic (exact) mass is 469 g/mol. The number of piperidine rings is 1. The van der Waals surface area contributed by atoms with Crippen LogP contribution in [0, 0.1) is 10.1 Å². The van der Waals surface area contributed by atoms with Crippen LogP contribution in [0.1, 0.15) is 30.1 Å². The number of fused-ring (bicyclic) bond motifs is 1. The Balaban J connectivity index is 1.70. The molecule has 1 aliphatic heterocycles. The van der Waals surface area contributed by atoms with Crippen LogP contribution >= 0.6 is 0 Å². The standard InChI is InChI=1S/C19H18F3N5O4S/c1-32(30,31)14-5-6-15(16(9-14)27(28)29)25-8-2-3-12(10-25)18-24-23-17-7-4-13(11-26(17)18)19(20,21)22/h4-7,9,11-12H,2-3,8,10H2,1H3/t12-/m0/s1. The van der Waals surface area contributed by atoms with Crippen LogP contribution in [0.2, 0.25) is 0 Å². The van der Waals surface area contributed by atoms with Gasteiger partial charge in [-0.25, -0.2) is 8.42 Å². The van der Waals surface area contributed by atoms with Gasteiger partial charge in [0.1, 0.15) is 11.5 Å². The van der Waals surface area contributed by atoms with E-state index in [2.05, 4.69) is 10.2 Å². The van der Waals surface area contributed by atoms with Crippen molar-refractivity contribution in [1.82, 2.24) is 14.6 Å². The van der Waals surface area contributed by atoms with Crippen LogP contribution in [0.4, 0.5) is 24.5 Å². The first-order chi connectivity index (χ1) is 14.9. The summed E-state index contributed by atoms with van der Waals surface area (Å²) in [6, 6.07) is 5.91. The Kier molecular flexibility index (Phi) is 5.31. The number of alkyl halides is 3. The average Bonchev–Trinajstić information content (AvgIpc) is 3.15. The maximum Gasteiger partial charge on any atom is 0.417 e. The first-order valence-corrected chi connectivity index (χ1v) is 11.5. The zero-order valence-corrected chi connectivity index (χ0v) is 17.6. The molecule has 1 fully saturated rings. The molecule has 1 aliphatic rings. The summed E-state index contributed by atoms with van der Waals surface area (Å²) >= 11 is 0. The Labute approximate surface area is 180 Å². The molecule has 0 aliphatic carbocycles. The summed E-state index contributed by atoms with van der Waals surface area (Å²) in [5.41, 5.74) is -0.657. The summed E-state index contributed by atoms with van der Waals surface area (Å²) in [5.74, 6) is 0.0163. The number of aromatic nitrogens is 3. The van der Waals surface area contributed by atoms with E-state index in [4.69, 9.17) is 0 Å². The highest BCUT2D eigenvalue weighted by atomic mass is 32.2. The highest BCUT2D eigenvalue weighted by Crippen LogP contribution is 2.36. The molecule has 3 heterocycles. The number of nitro groups is 1. The van der Waals surface area contributed by atoms with Gasteiger partial charge >= 0.3 is 6.18 Å². The maximum absolute atomic E-state index is 13.1. The number of rotatable bonds is 4. The number of hydrogen-bond acceptors (Lipinski definition) is 7. The fraction of sp³-hybridized carbons (Fsp3) is 0.368. The van der Waals surface area contributed by atoms with Crippen LogP contribution < -0.4 is 4.90 Å². The van der Waals surface area contributed by atoms with Crippen LogP contribution in [0.3, 0.4) is 0 Å². The molecule has 9 nitrogen and oxygen atoms in total. The van der Waals surface area contributed by atoms with Gasteiger partial charge in [-0.3, -0.25) is 14.5 Å². The number of sulfone groups is 1. The third-order valence-electron chi connectivity index (χ3n) is 5.45. The second kappa shape index (κ2) is 7.73. The SMILES string of the molecule is CS(=O)(=O)c1ccc(N2CCC[C@H](c3nnc4ccc(C(F)(F)F)cn34)C2)c([N+](=O)[O-])c1. The molecule has 1 aromatic carbocycles. The highest BCUT2D eigenvalue weighted by molar-refractivity contribution is 7.90. The van der Waals surface area contributed by atoms with Crippen LogP contribution in [0.25, 0.3) is 5.65 Å². The van der Waals surface area contributed by atoms with Crippen molar-refractivity contribution in [2.75, 3.05) is 24.2 Å². The second-order valence-corrected chi connectivity index (χ2v) is 9.68. The molecule has 1 atom stereocenters. The zero-order valence-electron chi connectivity index (χ0n) is 16.8. The lowest BCUT2D eigenvalue weighted by molar-refractivity contribution is -0.384. The number of pyridine rings is 1. The van der Waals surface area contributed by atoms with Crippen molar-refractivity contribution in [3.8, 4) is 0 Å². The van der Waals surface area contributed by atoms with Gasteiger partial charge in [-0.05, 0) is 37.1 Å². The lowest BCUT2D eigenvalue weighted by Gasteiger charge is -2.33. The number of hydrogen-bond donors (Lipinski definition) is 0. The summed E-state index contributed by atoms with van der Waals surface area (Å²) < 4.78 is 64.3. The predicted octanol–water partition coefficient (Wildman–Crippen LogP) is 3.44. The van der Waals surface area contributed by atoms with Gasteiger partial charge in [-0.2, -0.15) is 13.2 Å². The third kappa shape index (κ3) is 4.11. The van der Waals surface area contributed by atoms with E-state index in [0.717, 1.165) is 24.6 Å². The van der Waals surface area contributed by atoms with Gasteiger partial charge in [0.2, 0.25) is 0 Å². The van der Waals surface area contributed by atoms with E-state index in [9.17, 15) is 31.7 Å². The topological polar surface area (TPSA) is 111 Å². The Bertz CT molecular complexity index is 1310. The van der Waals surface area contributed by atoms with Crippen molar-refractivity contribution in [2.24, 2.45) is 0 Å². The lowest BCUT2D eigenvalue weighted by atomic mass is 9.96. The van der Waals surface area contributed by atoms with E-state index >= 15 is 0 Å². The largest absolute Gasteiger partial charge is 0.417 e. The van der Waals surface area contributed by atoms with Gasteiger partial charge < -0.3 is 4.90 Å². The third-order valence-corrected chi connectivity index (χ3v) is 6.57. The molecule has 170 valence electrons. The minimum absolute atomic E-state index is 0.162. The Morgan fingerprint density at radius 1 is 1.19 bits per heavy atom. The van der Waals surface area contributed by atoms with E-state index in [1.807, 2.05) is 0 Å². The normalized spacial score (nSPS) is 17.6. The smallest absolute Gasteiger partial charge is 0.365 e. The number of benzene rings is 1. The quantitative estimate of drug-likeness (QED) is 0.425. The van der Waals surface area contributed by atoms with Gasteiger partial charge in [-0.1, -0.05) is 0 Å². The molecule has 0 N–H and O–H groups in total. The van der Waals surface area contributed by atoms with Crippen molar-refractivity contribution >= 4 is 26.9 Å². The molecule has 0 bridgehead atoms. The van der Waals surface area contributed by atoms with Gasteiger partial charge in [-0.15, -0.1) is 10.2 Å².